The molecule has 0 saturated carbocycles. The lowest BCUT2D eigenvalue weighted by atomic mass is 9.74. The van der Waals surface area contributed by atoms with Crippen molar-refractivity contribution in [2.75, 3.05) is 13.7 Å². The van der Waals surface area contributed by atoms with E-state index in [0.717, 1.165) is 16.9 Å². The van der Waals surface area contributed by atoms with Gasteiger partial charge in [0.1, 0.15) is 17.4 Å². The van der Waals surface area contributed by atoms with Gasteiger partial charge in [0.15, 0.2) is 5.78 Å². The van der Waals surface area contributed by atoms with Crippen LogP contribution in [0.5, 0.6) is 5.75 Å². The van der Waals surface area contributed by atoms with Crippen molar-refractivity contribution in [3.8, 4) is 5.75 Å². The van der Waals surface area contributed by atoms with E-state index < -0.39 is 11.9 Å². The number of hydrogen-bond donors (Lipinski definition) is 0. The van der Waals surface area contributed by atoms with Gasteiger partial charge in [-0.2, -0.15) is 0 Å². The number of ether oxygens (including phenoxy) is 2. The Balaban J connectivity index is 1.98. The van der Waals surface area contributed by atoms with E-state index in [1.807, 2.05) is 30.3 Å². The number of allylic oxidation sites excluding steroid dienone is 2. The first-order chi connectivity index (χ1) is 12.1. The van der Waals surface area contributed by atoms with Gasteiger partial charge in [0.2, 0.25) is 0 Å². The number of benzene rings is 1. The molecule has 5 heteroatoms. The summed E-state index contributed by atoms with van der Waals surface area (Å²) >= 11 is 0. The molecule has 0 unspecified atom stereocenters. The van der Waals surface area contributed by atoms with Crippen molar-refractivity contribution in [3.05, 3.63) is 60.1 Å². The number of rotatable bonds is 5. The van der Waals surface area contributed by atoms with Crippen LogP contribution in [-0.4, -0.2) is 25.5 Å². The van der Waals surface area contributed by atoms with Crippen LogP contribution in [0.3, 0.4) is 0 Å². The van der Waals surface area contributed by atoms with E-state index in [-0.39, 0.29) is 18.3 Å². The first-order valence-corrected chi connectivity index (χ1v) is 8.23. The molecule has 130 valence electrons. The molecule has 0 N–H and O–H groups in total. The third kappa shape index (κ3) is 3.50. The average Bonchev–Trinajstić information content (AvgIpc) is 3.16. The molecule has 2 atom stereocenters. The normalized spacial score (nSPS) is 20.1. The average molecular weight is 340 g/mol. The van der Waals surface area contributed by atoms with Crippen molar-refractivity contribution in [2.24, 2.45) is 5.92 Å². The predicted molar refractivity (Wildman–Crippen MR) is 92.2 cm³/mol. The Kier molecular flexibility index (Phi) is 5.03. The maximum Gasteiger partial charge on any atom is 0.317 e. The minimum Gasteiger partial charge on any atom is -0.497 e. The van der Waals surface area contributed by atoms with Gasteiger partial charge in [0, 0.05) is 5.92 Å². The van der Waals surface area contributed by atoms with E-state index >= 15 is 0 Å². The van der Waals surface area contributed by atoms with Gasteiger partial charge >= 0.3 is 5.97 Å². The Morgan fingerprint density at radius 1 is 1.24 bits per heavy atom. The lowest BCUT2D eigenvalue weighted by molar-refractivity contribution is -0.151. The summed E-state index contributed by atoms with van der Waals surface area (Å²) in [4.78, 5) is 25.1. The quantitative estimate of drug-likeness (QED) is 0.614. The zero-order chi connectivity index (χ0) is 17.8. The van der Waals surface area contributed by atoms with Gasteiger partial charge in [0.05, 0.1) is 20.0 Å². The summed E-state index contributed by atoms with van der Waals surface area (Å²) in [5, 5.41) is 0. The third-order valence-electron chi connectivity index (χ3n) is 4.39. The molecule has 0 aliphatic heterocycles. The zero-order valence-electron chi connectivity index (χ0n) is 14.2. The molecule has 2 aromatic rings. The Bertz CT molecular complexity index is 771. The maximum atomic E-state index is 12.7. The smallest absolute Gasteiger partial charge is 0.317 e. The van der Waals surface area contributed by atoms with Crippen LogP contribution in [-0.2, 0) is 14.3 Å². The van der Waals surface area contributed by atoms with E-state index in [4.69, 9.17) is 13.9 Å². The van der Waals surface area contributed by atoms with Crippen molar-refractivity contribution in [1.82, 2.24) is 0 Å². The van der Waals surface area contributed by atoms with E-state index in [1.54, 1.807) is 26.4 Å². The first kappa shape index (κ1) is 17.0. The minimum absolute atomic E-state index is 0.243. The molecule has 0 amide bonds. The summed E-state index contributed by atoms with van der Waals surface area (Å²) in [6.07, 6.45) is 3.59. The Morgan fingerprint density at radius 3 is 2.60 bits per heavy atom. The maximum absolute atomic E-state index is 12.7. The van der Waals surface area contributed by atoms with Crippen LogP contribution in [0.4, 0.5) is 0 Å². The highest BCUT2D eigenvalue weighted by Crippen LogP contribution is 2.40. The van der Waals surface area contributed by atoms with Crippen LogP contribution in [0, 0.1) is 5.92 Å². The Labute approximate surface area is 146 Å². The summed E-state index contributed by atoms with van der Waals surface area (Å²) in [6.45, 7) is 1.98. The molecular formula is C20H20O5. The van der Waals surface area contributed by atoms with Crippen molar-refractivity contribution < 1.29 is 23.5 Å². The van der Waals surface area contributed by atoms with Crippen LogP contribution < -0.4 is 4.74 Å². The standard InChI is InChI=1S/C20H20O5/c1-3-24-20(22)19-16(13-6-8-15(23-2)9-7-13)11-14(12-17(19)21)18-5-4-10-25-18/h4-10,12,16,19H,3,11H2,1-2H3/t16-,19-/m1/s1. The number of carbonyl (C=O) groups is 2. The van der Waals surface area contributed by atoms with Crippen molar-refractivity contribution >= 4 is 17.3 Å². The monoisotopic (exact) mass is 340 g/mol. The Hall–Kier alpha value is -2.82. The summed E-state index contributed by atoms with van der Waals surface area (Å²) in [5.74, 6) is -0.510. The molecule has 0 bridgehead atoms. The van der Waals surface area contributed by atoms with Gasteiger partial charge in [-0.15, -0.1) is 0 Å². The summed E-state index contributed by atoms with van der Waals surface area (Å²) in [6, 6.07) is 11.0. The molecule has 25 heavy (non-hydrogen) atoms. The number of esters is 1. The van der Waals surface area contributed by atoms with E-state index in [2.05, 4.69) is 0 Å². The number of ketones is 1. The minimum atomic E-state index is -0.841. The highest BCUT2D eigenvalue weighted by Gasteiger charge is 2.40. The summed E-state index contributed by atoms with van der Waals surface area (Å²) in [5.41, 5.74) is 1.68. The van der Waals surface area contributed by atoms with E-state index in [0.29, 0.717) is 12.2 Å². The molecule has 0 saturated heterocycles. The van der Waals surface area contributed by atoms with Crippen LogP contribution in [0.25, 0.3) is 5.57 Å². The Morgan fingerprint density at radius 2 is 2.00 bits per heavy atom. The molecule has 0 spiro atoms. The van der Waals surface area contributed by atoms with E-state index in [9.17, 15) is 9.59 Å². The van der Waals surface area contributed by atoms with Crippen molar-refractivity contribution in [3.63, 3.8) is 0 Å². The first-order valence-electron chi connectivity index (χ1n) is 8.23. The second kappa shape index (κ2) is 7.38. The highest BCUT2D eigenvalue weighted by molar-refractivity contribution is 6.10. The molecule has 0 fully saturated rings. The van der Waals surface area contributed by atoms with Crippen LogP contribution in [0.15, 0.2) is 53.2 Å². The van der Waals surface area contributed by atoms with Gasteiger partial charge in [-0.25, -0.2) is 0 Å². The van der Waals surface area contributed by atoms with Gasteiger partial charge < -0.3 is 13.9 Å². The highest BCUT2D eigenvalue weighted by atomic mass is 16.5. The fraction of sp³-hybridized carbons (Fsp3) is 0.300. The molecule has 3 rings (SSSR count). The number of hydrogen-bond acceptors (Lipinski definition) is 5. The van der Waals surface area contributed by atoms with Crippen LogP contribution >= 0.6 is 0 Å². The number of carbonyl (C=O) groups excluding carboxylic acids is 2. The van der Waals surface area contributed by atoms with Crippen molar-refractivity contribution in [2.45, 2.75) is 19.3 Å². The molecular weight excluding hydrogens is 320 g/mol. The van der Waals surface area contributed by atoms with Crippen LogP contribution in [0.1, 0.15) is 30.6 Å². The van der Waals surface area contributed by atoms with Gasteiger partial charge in [-0.1, -0.05) is 12.1 Å². The fourth-order valence-corrected chi connectivity index (χ4v) is 3.18. The molecule has 5 nitrogen and oxygen atoms in total. The fourth-order valence-electron chi connectivity index (χ4n) is 3.18. The lowest BCUT2D eigenvalue weighted by Crippen LogP contribution is -2.33. The lowest BCUT2D eigenvalue weighted by Gasteiger charge is -2.28. The van der Waals surface area contributed by atoms with Crippen molar-refractivity contribution in [1.29, 1.82) is 0 Å². The summed E-state index contributed by atoms with van der Waals surface area (Å²) < 4.78 is 15.8. The molecule has 1 heterocycles. The van der Waals surface area contributed by atoms with Gasteiger partial charge in [-0.05, 0) is 54.8 Å². The zero-order valence-corrected chi connectivity index (χ0v) is 14.2. The molecule has 1 aliphatic carbocycles. The SMILES string of the molecule is CCOC(=O)[C@H]1C(=O)C=C(c2ccco2)C[C@@H]1c1ccc(OC)cc1. The largest absolute Gasteiger partial charge is 0.497 e. The predicted octanol–water partition coefficient (Wildman–Crippen LogP) is 3.61. The van der Waals surface area contributed by atoms with Gasteiger partial charge in [-0.3, -0.25) is 9.59 Å². The molecule has 1 aromatic heterocycles. The van der Waals surface area contributed by atoms with E-state index in [1.165, 1.54) is 6.08 Å². The van der Waals surface area contributed by atoms with Crippen LogP contribution in [0.2, 0.25) is 0 Å². The van der Waals surface area contributed by atoms with Gasteiger partial charge in [0.25, 0.3) is 0 Å². The topological polar surface area (TPSA) is 65.7 Å². The molecule has 1 aliphatic rings. The molecule has 1 aromatic carbocycles. The second-order valence-corrected chi connectivity index (χ2v) is 5.86. The summed E-state index contributed by atoms with van der Waals surface area (Å²) in [7, 11) is 1.60. The number of furan rings is 1. The second-order valence-electron chi connectivity index (χ2n) is 5.86. The number of methoxy groups -OCH3 is 1. The molecule has 0 radical (unpaired) electrons. The third-order valence-corrected chi connectivity index (χ3v) is 4.39.